The fourth-order valence-electron chi connectivity index (χ4n) is 5.94. The second-order valence-electron chi connectivity index (χ2n) is 14.3. The summed E-state index contributed by atoms with van der Waals surface area (Å²) in [4.78, 5) is 47.5. The van der Waals surface area contributed by atoms with Crippen LogP contribution in [0.4, 0.5) is 0 Å². The summed E-state index contributed by atoms with van der Waals surface area (Å²) in [6.45, 7) is 3.11. The van der Waals surface area contributed by atoms with Gasteiger partial charge in [0.15, 0.2) is 6.10 Å². The van der Waals surface area contributed by atoms with Gasteiger partial charge in [-0.2, -0.15) is 0 Å². The van der Waals surface area contributed by atoms with Gasteiger partial charge >= 0.3 is 19.8 Å². The third kappa shape index (κ3) is 28.2. The maximum atomic E-state index is 12.6. The lowest BCUT2D eigenvalue weighted by Gasteiger charge is -2.19. The summed E-state index contributed by atoms with van der Waals surface area (Å²) < 4.78 is 32.6. The maximum Gasteiger partial charge on any atom is 0.472 e. The van der Waals surface area contributed by atoms with Gasteiger partial charge in [0.2, 0.25) is 0 Å². The highest BCUT2D eigenvalue weighted by atomic mass is 31.2. The fourth-order valence-corrected chi connectivity index (χ4v) is 6.71. The summed E-state index contributed by atoms with van der Waals surface area (Å²) in [7, 11) is -4.46. The van der Waals surface area contributed by atoms with Gasteiger partial charge in [-0.15, -0.1) is 0 Å². The Labute approximate surface area is 347 Å². The summed E-state index contributed by atoms with van der Waals surface area (Å²) >= 11 is 0. The number of aliphatic hydroxyl groups is 2. The van der Waals surface area contributed by atoms with Crippen molar-refractivity contribution in [2.75, 3.05) is 26.4 Å². The van der Waals surface area contributed by atoms with Crippen LogP contribution in [-0.4, -0.2) is 77.5 Å². The van der Waals surface area contributed by atoms with E-state index in [1.807, 2.05) is 24.3 Å². The molecular weight excluding hydrogens is 761 g/mol. The van der Waals surface area contributed by atoms with E-state index in [2.05, 4.69) is 62.5 Å². The molecule has 0 aromatic rings. The molecule has 12 nitrogen and oxygen atoms in total. The molecule has 0 spiro atoms. The van der Waals surface area contributed by atoms with Crippen molar-refractivity contribution in [1.29, 1.82) is 0 Å². The van der Waals surface area contributed by atoms with E-state index < -0.39 is 44.7 Å². The zero-order chi connectivity index (χ0) is 42.7. The molecule has 1 unspecified atom stereocenters. The Balaban J connectivity index is 2.47. The molecule has 0 saturated heterocycles. The van der Waals surface area contributed by atoms with E-state index in [9.17, 15) is 34.1 Å². The van der Waals surface area contributed by atoms with Crippen molar-refractivity contribution in [3.63, 3.8) is 0 Å². The van der Waals surface area contributed by atoms with Gasteiger partial charge in [-0.05, 0) is 70.6 Å². The van der Waals surface area contributed by atoms with E-state index in [1.165, 1.54) is 0 Å². The number of phosphoric acid groups is 1. The number of ether oxygens (including phenoxy) is 2. The Morgan fingerprint density at radius 3 is 2.00 bits per heavy atom. The molecule has 0 heterocycles. The third-order valence-electron chi connectivity index (χ3n) is 9.13. The van der Waals surface area contributed by atoms with Crippen LogP contribution in [0, 0.1) is 11.8 Å². The first-order valence-corrected chi connectivity index (χ1v) is 22.7. The summed E-state index contributed by atoms with van der Waals surface area (Å²) in [6.07, 6.45) is 37.0. The quantitative estimate of drug-likeness (QED) is 0.0209. The number of phosphoric ester groups is 1. The molecule has 13 heteroatoms. The van der Waals surface area contributed by atoms with Gasteiger partial charge in [0.05, 0.1) is 25.4 Å². The lowest BCUT2D eigenvalue weighted by atomic mass is 9.90. The zero-order valence-corrected chi connectivity index (χ0v) is 35.8. The Bertz CT molecular complexity index is 1390. The molecule has 1 aliphatic rings. The molecule has 58 heavy (non-hydrogen) atoms. The predicted octanol–water partition coefficient (Wildman–Crippen LogP) is 8.64. The highest BCUT2D eigenvalue weighted by molar-refractivity contribution is 7.47. The molecule has 0 bridgehead atoms. The molecule has 0 aliphatic heterocycles. The Kier molecular flexibility index (Phi) is 31.5. The van der Waals surface area contributed by atoms with Crippen molar-refractivity contribution < 1.29 is 52.6 Å². The SMILES string of the molecule is CC/C=C\C/C=C\C/C=C\C/C=C\C/C=C\CCCC(=O)O[C@H](COC(=O)CCC/C=C\C[C@H]1C(=O)C[C@@H](O)[C@@H]1/C=C/[C@@H](O)CCCCC)COP(=O)(O)OCCN. The van der Waals surface area contributed by atoms with Crippen molar-refractivity contribution in [3.8, 4) is 0 Å². The van der Waals surface area contributed by atoms with Gasteiger partial charge in [-0.3, -0.25) is 23.4 Å². The van der Waals surface area contributed by atoms with Crippen molar-refractivity contribution in [3.05, 3.63) is 85.1 Å². The second-order valence-corrected chi connectivity index (χ2v) is 15.7. The predicted molar refractivity (Wildman–Crippen MR) is 229 cm³/mol. The number of nitrogens with two attached hydrogens (primary N) is 1. The first-order chi connectivity index (χ1) is 28.0. The molecule has 5 N–H and O–H groups in total. The van der Waals surface area contributed by atoms with Crippen LogP contribution in [-0.2, 0) is 37.5 Å². The Hall–Kier alpha value is -3.22. The van der Waals surface area contributed by atoms with Gasteiger partial charge < -0.3 is 30.3 Å². The van der Waals surface area contributed by atoms with E-state index in [-0.39, 0.29) is 56.6 Å². The van der Waals surface area contributed by atoms with Gasteiger partial charge in [-0.25, -0.2) is 4.57 Å². The van der Waals surface area contributed by atoms with Gasteiger partial charge in [-0.1, -0.05) is 118 Å². The third-order valence-corrected chi connectivity index (χ3v) is 10.1. The topological polar surface area (TPSA) is 192 Å². The Morgan fingerprint density at radius 2 is 1.40 bits per heavy atom. The molecule has 1 fully saturated rings. The first-order valence-electron chi connectivity index (χ1n) is 21.2. The van der Waals surface area contributed by atoms with E-state index in [1.54, 1.807) is 12.2 Å². The van der Waals surface area contributed by atoms with Crippen LogP contribution in [0.2, 0.25) is 0 Å². The lowest BCUT2D eigenvalue weighted by molar-refractivity contribution is -0.161. The van der Waals surface area contributed by atoms with Gasteiger partial charge in [0.25, 0.3) is 0 Å². The normalized spacial score (nSPS) is 19.9. The molecule has 6 atom stereocenters. The average molecular weight is 834 g/mol. The van der Waals surface area contributed by atoms with Crippen molar-refractivity contribution in [1.82, 2.24) is 0 Å². The number of ketones is 1. The first kappa shape index (κ1) is 52.8. The minimum absolute atomic E-state index is 0.000964. The highest BCUT2D eigenvalue weighted by Crippen LogP contribution is 2.43. The van der Waals surface area contributed by atoms with Crippen LogP contribution < -0.4 is 5.73 Å². The average Bonchev–Trinajstić information content (AvgIpc) is 3.47. The summed E-state index contributed by atoms with van der Waals surface area (Å²) in [5, 5.41) is 20.7. The number of Topliss-reactive ketones (excluding diaryl/α,β-unsaturated/α-hetero) is 1. The number of unbranched alkanes of at least 4 members (excludes halogenated alkanes) is 4. The van der Waals surface area contributed by atoms with Crippen molar-refractivity contribution in [2.24, 2.45) is 17.6 Å². The van der Waals surface area contributed by atoms with Gasteiger partial charge in [0, 0.05) is 37.6 Å². The summed E-state index contributed by atoms with van der Waals surface area (Å²) in [5.41, 5.74) is 5.33. The maximum absolute atomic E-state index is 12.6. The van der Waals surface area contributed by atoms with Gasteiger partial charge in [0.1, 0.15) is 12.4 Å². The zero-order valence-electron chi connectivity index (χ0n) is 35.0. The number of carbonyl (C=O) groups excluding carboxylic acids is 3. The second kappa shape index (κ2) is 34.6. The molecule has 0 amide bonds. The lowest BCUT2D eigenvalue weighted by Crippen LogP contribution is -2.29. The van der Waals surface area contributed by atoms with Crippen LogP contribution in [0.5, 0.6) is 0 Å². The summed E-state index contributed by atoms with van der Waals surface area (Å²) in [6, 6.07) is 0. The van der Waals surface area contributed by atoms with Crippen LogP contribution in [0.1, 0.15) is 123 Å². The number of aliphatic hydroxyl groups excluding tert-OH is 2. The summed E-state index contributed by atoms with van der Waals surface area (Å²) in [5.74, 6) is -1.84. The van der Waals surface area contributed by atoms with E-state index >= 15 is 0 Å². The number of hydrogen-bond acceptors (Lipinski definition) is 11. The molecule has 328 valence electrons. The monoisotopic (exact) mass is 833 g/mol. The van der Waals surface area contributed by atoms with Crippen LogP contribution in [0.15, 0.2) is 85.1 Å². The molecule has 1 saturated carbocycles. The smallest absolute Gasteiger partial charge is 0.462 e. The Morgan fingerprint density at radius 1 is 0.810 bits per heavy atom. The van der Waals surface area contributed by atoms with Crippen LogP contribution in [0.25, 0.3) is 0 Å². The number of esters is 2. The minimum Gasteiger partial charge on any atom is -0.462 e. The number of allylic oxidation sites excluding steroid dienone is 12. The van der Waals surface area contributed by atoms with E-state index in [0.29, 0.717) is 38.5 Å². The largest absolute Gasteiger partial charge is 0.472 e. The van der Waals surface area contributed by atoms with Crippen LogP contribution in [0.3, 0.4) is 0 Å². The number of carbonyl (C=O) groups is 3. The number of hydrogen-bond donors (Lipinski definition) is 4. The molecule has 0 aromatic carbocycles. The molecule has 0 aromatic heterocycles. The van der Waals surface area contributed by atoms with Crippen molar-refractivity contribution >= 4 is 25.5 Å². The van der Waals surface area contributed by atoms with E-state index in [0.717, 1.165) is 51.4 Å². The fraction of sp³-hybridized carbons (Fsp3) is 0.622. The molecular formula is C45H72NO11P. The van der Waals surface area contributed by atoms with Crippen molar-refractivity contribution in [2.45, 2.75) is 141 Å². The molecule has 1 rings (SSSR count). The standard InChI is InChI=1S/C45H72NO11P/c1-3-5-7-8-9-10-11-12-13-14-15-16-17-18-19-20-26-30-45(51)57-39(37-56-58(52,53)55-34-33-46)36-54-44(50)29-25-22-21-24-28-40-41(43(49)35-42(40)48)32-31-38(47)27-23-6-4-2/h5,7,9-10,12-13,15-16,18-19,21,24,31-32,38-41,43,47,49H,3-4,6,8,11,14,17,20,22-23,25-30,33-37,46H2,1-2H3,(H,52,53)/b7-5-,10-9-,13-12-,16-15-,19-18-,24-21-,32-31+/t38-,39+,40+,41+,43+/m0/s1. The minimum atomic E-state index is -4.46. The molecule has 1 aliphatic carbocycles. The van der Waals surface area contributed by atoms with E-state index in [4.69, 9.17) is 24.3 Å². The number of rotatable bonds is 34. The van der Waals surface area contributed by atoms with Crippen LogP contribution >= 0.6 is 7.82 Å². The highest BCUT2D eigenvalue weighted by Gasteiger charge is 2.39. The molecule has 0 radical (unpaired) electrons.